The number of nitro groups is 1. The van der Waals surface area contributed by atoms with E-state index in [0.717, 1.165) is 6.07 Å². The number of thiol groups is 1. The third kappa shape index (κ3) is 2.19. The number of benzene rings is 1. The number of carbonyl (C=O) groups excluding carboxylic acids is 1. The Morgan fingerprint density at radius 3 is 2.62 bits per heavy atom. The standard InChI is InChI=1S/C7H4ClNO3S/c8-7(10)4-1-2-6(13)5(3-4)9(11)12/h1-3,13H. The fraction of sp³-hybridized carbons (Fsp3) is 0. The van der Waals surface area contributed by atoms with E-state index in [1.165, 1.54) is 12.1 Å². The highest BCUT2D eigenvalue weighted by atomic mass is 35.5. The zero-order valence-corrected chi connectivity index (χ0v) is 7.88. The Labute approximate surface area is 84.1 Å². The van der Waals surface area contributed by atoms with E-state index in [2.05, 4.69) is 12.6 Å². The Morgan fingerprint density at radius 1 is 1.54 bits per heavy atom. The highest BCUT2D eigenvalue weighted by Crippen LogP contribution is 2.23. The summed E-state index contributed by atoms with van der Waals surface area (Å²) >= 11 is 9.00. The molecule has 4 nitrogen and oxygen atoms in total. The van der Waals surface area contributed by atoms with E-state index in [0.29, 0.717) is 0 Å². The second-order valence-electron chi connectivity index (χ2n) is 2.23. The molecule has 1 aromatic carbocycles. The minimum absolute atomic E-state index is 0.0890. The predicted molar refractivity (Wildman–Crippen MR) is 50.5 cm³/mol. The summed E-state index contributed by atoms with van der Waals surface area (Å²) < 4.78 is 0. The lowest BCUT2D eigenvalue weighted by atomic mass is 10.2. The smallest absolute Gasteiger partial charge is 0.276 e. The second-order valence-corrected chi connectivity index (χ2v) is 3.06. The maximum Gasteiger partial charge on any atom is 0.283 e. The van der Waals surface area contributed by atoms with Gasteiger partial charge in [0.2, 0.25) is 0 Å². The first-order chi connectivity index (χ1) is 6.02. The van der Waals surface area contributed by atoms with Crippen molar-refractivity contribution in [1.29, 1.82) is 0 Å². The number of rotatable bonds is 2. The zero-order chi connectivity index (χ0) is 10.0. The molecule has 68 valence electrons. The van der Waals surface area contributed by atoms with Crippen LogP contribution in [0.5, 0.6) is 0 Å². The van der Waals surface area contributed by atoms with Gasteiger partial charge >= 0.3 is 0 Å². The SMILES string of the molecule is O=C(Cl)c1ccc(S)c([N+](=O)[O-])c1. The molecule has 0 aliphatic carbocycles. The fourth-order valence-electron chi connectivity index (χ4n) is 0.792. The maximum absolute atomic E-state index is 10.6. The van der Waals surface area contributed by atoms with Crippen LogP contribution in [0, 0.1) is 10.1 Å². The van der Waals surface area contributed by atoms with Gasteiger partial charge in [-0.15, -0.1) is 12.6 Å². The van der Waals surface area contributed by atoms with Gasteiger partial charge in [-0.2, -0.15) is 0 Å². The van der Waals surface area contributed by atoms with E-state index >= 15 is 0 Å². The largest absolute Gasteiger partial charge is 0.283 e. The molecule has 0 saturated heterocycles. The molecule has 0 radical (unpaired) electrons. The van der Waals surface area contributed by atoms with Gasteiger partial charge in [0, 0.05) is 11.6 Å². The number of carbonyl (C=O) groups is 1. The minimum Gasteiger partial charge on any atom is -0.276 e. The third-order valence-corrected chi connectivity index (χ3v) is 2.00. The van der Waals surface area contributed by atoms with Crippen LogP contribution in [0.4, 0.5) is 5.69 Å². The van der Waals surface area contributed by atoms with Crippen LogP contribution in [0.15, 0.2) is 23.1 Å². The van der Waals surface area contributed by atoms with Gasteiger partial charge in [0.25, 0.3) is 10.9 Å². The van der Waals surface area contributed by atoms with Crippen LogP contribution in [0.25, 0.3) is 0 Å². The van der Waals surface area contributed by atoms with E-state index in [4.69, 9.17) is 11.6 Å². The van der Waals surface area contributed by atoms with Gasteiger partial charge in [-0.25, -0.2) is 0 Å². The van der Waals surface area contributed by atoms with Gasteiger partial charge in [-0.1, -0.05) is 0 Å². The van der Waals surface area contributed by atoms with Crippen molar-refractivity contribution in [3.63, 3.8) is 0 Å². The Kier molecular flexibility index (Phi) is 2.90. The molecule has 0 saturated carbocycles. The van der Waals surface area contributed by atoms with Crippen LogP contribution < -0.4 is 0 Å². The summed E-state index contributed by atoms with van der Waals surface area (Å²) in [5.74, 6) is 0. The Balaban J connectivity index is 3.27. The molecular weight excluding hydrogens is 214 g/mol. The normalized spacial score (nSPS) is 9.69. The van der Waals surface area contributed by atoms with Crippen molar-refractivity contribution in [2.24, 2.45) is 0 Å². The topological polar surface area (TPSA) is 60.2 Å². The number of nitro benzene ring substituents is 1. The average molecular weight is 218 g/mol. The first-order valence-electron chi connectivity index (χ1n) is 3.19. The highest BCUT2D eigenvalue weighted by Gasteiger charge is 2.13. The summed E-state index contributed by atoms with van der Waals surface area (Å²) in [4.78, 5) is 20.6. The molecule has 0 unspecified atom stereocenters. The highest BCUT2D eigenvalue weighted by molar-refractivity contribution is 7.80. The molecule has 0 spiro atoms. The van der Waals surface area contributed by atoms with Gasteiger partial charge in [-0.05, 0) is 23.7 Å². The van der Waals surface area contributed by atoms with Gasteiger partial charge in [-0.3, -0.25) is 14.9 Å². The van der Waals surface area contributed by atoms with Crippen LogP contribution >= 0.6 is 24.2 Å². The van der Waals surface area contributed by atoms with Crippen molar-refractivity contribution in [1.82, 2.24) is 0 Å². The van der Waals surface area contributed by atoms with E-state index in [9.17, 15) is 14.9 Å². The van der Waals surface area contributed by atoms with Gasteiger partial charge < -0.3 is 0 Å². The molecule has 0 aliphatic rings. The van der Waals surface area contributed by atoms with Crippen LogP contribution in [-0.2, 0) is 0 Å². The molecule has 0 N–H and O–H groups in total. The van der Waals surface area contributed by atoms with Crippen molar-refractivity contribution in [2.45, 2.75) is 4.90 Å². The van der Waals surface area contributed by atoms with Crippen molar-refractivity contribution >= 4 is 35.2 Å². The molecule has 0 aromatic heterocycles. The molecule has 0 amide bonds. The zero-order valence-electron chi connectivity index (χ0n) is 6.23. The summed E-state index contributed by atoms with van der Waals surface area (Å²) in [6.45, 7) is 0. The lowest BCUT2D eigenvalue weighted by Crippen LogP contribution is -1.94. The molecule has 0 heterocycles. The number of hydrogen-bond donors (Lipinski definition) is 1. The summed E-state index contributed by atoms with van der Waals surface area (Å²) in [5.41, 5.74) is -0.138. The van der Waals surface area contributed by atoms with Crippen molar-refractivity contribution < 1.29 is 9.72 Å². The third-order valence-electron chi connectivity index (χ3n) is 1.40. The predicted octanol–water partition coefficient (Wildman–Crippen LogP) is 2.26. The second kappa shape index (κ2) is 3.76. The molecule has 6 heteroatoms. The Morgan fingerprint density at radius 2 is 2.15 bits per heavy atom. The van der Waals surface area contributed by atoms with Crippen LogP contribution in [-0.4, -0.2) is 10.2 Å². The van der Waals surface area contributed by atoms with E-state index in [-0.39, 0.29) is 16.1 Å². The van der Waals surface area contributed by atoms with Crippen molar-refractivity contribution in [2.75, 3.05) is 0 Å². The lowest BCUT2D eigenvalue weighted by molar-refractivity contribution is -0.387. The lowest BCUT2D eigenvalue weighted by Gasteiger charge is -1.97. The van der Waals surface area contributed by atoms with Crippen LogP contribution in [0.1, 0.15) is 10.4 Å². The summed E-state index contributed by atoms with van der Waals surface area (Å²) in [6.07, 6.45) is 0. The van der Waals surface area contributed by atoms with Crippen LogP contribution in [0.3, 0.4) is 0 Å². The minimum atomic E-state index is -0.726. The number of hydrogen-bond acceptors (Lipinski definition) is 4. The average Bonchev–Trinajstić information content (AvgIpc) is 2.04. The van der Waals surface area contributed by atoms with E-state index < -0.39 is 10.2 Å². The molecule has 0 fully saturated rings. The first kappa shape index (κ1) is 10.0. The summed E-state index contributed by atoms with van der Waals surface area (Å²) in [7, 11) is 0. The molecule has 0 aliphatic heterocycles. The van der Waals surface area contributed by atoms with Crippen LogP contribution in [0.2, 0.25) is 0 Å². The molecule has 1 aromatic rings. The van der Waals surface area contributed by atoms with E-state index in [1.807, 2.05) is 0 Å². The fourth-order valence-corrected chi connectivity index (χ4v) is 1.13. The molecule has 0 bridgehead atoms. The number of nitrogens with zero attached hydrogens (tertiary/aromatic N) is 1. The first-order valence-corrected chi connectivity index (χ1v) is 4.02. The van der Waals surface area contributed by atoms with E-state index in [1.54, 1.807) is 0 Å². The number of halogens is 1. The monoisotopic (exact) mass is 217 g/mol. The van der Waals surface area contributed by atoms with Gasteiger partial charge in [0.05, 0.1) is 9.82 Å². The molecule has 0 atom stereocenters. The molecule has 13 heavy (non-hydrogen) atoms. The molecule has 1 rings (SSSR count). The van der Waals surface area contributed by atoms with Gasteiger partial charge in [0.15, 0.2) is 0 Å². The summed E-state index contributed by atoms with van der Waals surface area (Å²) in [6, 6.07) is 3.83. The van der Waals surface area contributed by atoms with Gasteiger partial charge in [0.1, 0.15) is 0 Å². The quantitative estimate of drug-likeness (QED) is 0.358. The Hall–Kier alpha value is -1.07. The van der Waals surface area contributed by atoms with Crippen molar-refractivity contribution in [3.8, 4) is 0 Å². The summed E-state index contributed by atoms with van der Waals surface area (Å²) in [5, 5.41) is 9.67. The maximum atomic E-state index is 10.6. The van der Waals surface area contributed by atoms with Crippen molar-refractivity contribution in [3.05, 3.63) is 33.9 Å². The molecular formula is C7H4ClNO3S. The Bertz CT molecular complexity index is 380.